The molecule has 0 unspecified atom stereocenters. The summed E-state index contributed by atoms with van der Waals surface area (Å²) >= 11 is 0. The number of carboxylic acids is 1. The molecule has 2 N–H and O–H groups in total. The number of amides is 1. The van der Waals surface area contributed by atoms with Crippen LogP contribution in [-0.2, 0) is 9.53 Å². The second kappa shape index (κ2) is 7.97. The highest BCUT2D eigenvalue weighted by Gasteiger charge is 2.18. The van der Waals surface area contributed by atoms with Gasteiger partial charge in [-0.05, 0) is 13.0 Å². The minimum absolute atomic E-state index is 0.0378. The number of ether oxygens (including phenoxy) is 1. The van der Waals surface area contributed by atoms with E-state index in [4.69, 9.17) is 9.84 Å². The monoisotopic (exact) mass is 349 g/mol. The maximum Gasteiger partial charge on any atom is 0.329 e. The van der Waals surface area contributed by atoms with E-state index < -0.39 is 23.4 Å². The van der Waals surface area contributed by atoms with Crippen LogP contribution in [0.4, 0.5) is 5.69 Å². The van der Waals surface area contributed by atoms with Crippen molar-refractivity contribution >= 4 is 17.6 Å². The standard InChI is InChI=1S/C14H15N5O6/c1-9-13(14(22)15-5-6-25-8-12(20)21)16-17-18(9)10-3-2-4-11(7-10)19(23)24/h2-4,7H,5-6,8H2,1H3,(H,15,22)(H,20,21). The van der Waals surface area contributed by atoms with Gasteiger partial charge in [-0.3, -0.25) is 14.9 Å². The summed E-state index contributed by atoms with van der Waals surface area (Å²) in [6, 6.07) is 5.79. The number of nitrogens with one attached hydrogen (secondary N) is 1. The summed E-state index contributed by atoms with van der Waals surface area (Å²) in [4.78, 5) is 32.7. The molecular weight excluding hydrogens is 334 g/mol. The Hall–Kier alpha value is -3.34. The Labute approximate surface area is 141 Å². The molecule has 0 atom stereocenters. The predicted octanol–water partition coefficient (Wildman–Crippen LogP) is 0.315. The Morgan fingerprint density at radius 2 is 2.20 bits per heavy atom. The third-order valence-corrected chi connectivity index (χ3v) is 3.15. The van der Waals surface area contributed by atoms with Crippen LogP contribution in [0.15, 0.2) is 24.3 Å². The van der Waals surface area contributed by atoms with Crippen LogP contribution >= 0.6 is 0 Å². The summed E-state index contributed by atoms with van der Waals surface area (Å²) in [6.45, 7) is 1.30. The Morgan fingerprint density at radius 1 is 1.44 bits per heavy atom. The normalized spacial score (nSPS) is 10.4. The molecule has 11 heteroatoms. The number of nitrogens with zero attached hydrogens (tertiary/aromatic N) is 4. The van der Waals surface area contributed by atoms with Crippen molar-refractivity contribution in [2.24, 2.45) is 0 Å². The molecule has 0 saturated heterocycles. The van der Waals surface area contributed by atoms with E-state index in [9.17, 15) is 19.7 Å². The zero-order valence-corrected chi connectivity index (χ0v) is 13.2. The van der Waals surface area contributed by atoms with E-state index in [-0.39, 0.29) is 24.5 Å². The van der Waals surface area contributed by atoms with Gasteiger partial charge >= 0.3 is 5.97 Å². The third kappa shape index (κ3) is 4.57. The van der Waals surface area contributed by atoms with Crippen molar-refractivity contribution in [3.8, 4) is 5.69 Å². The number of aliphatic carboxylic acids is 1. The number of benzene rings is 1. The van der Waals surface area contributed by atoms with Crippen LogP contribution < -0.4 is 5.32 Å². The molecule has 132 valence electrons. The number of non-ortho nitro benzene ring substituents is 1. The average molecular weight is 349 g/mol. The van der Waals surface area contributed by atoms with Crippen LogP contribution in [0.1, 0.15) is 16.2 Å². The number of hydrogen-bond acceptors (Lipinski definition) is 7. The number of rotatable bonds is 8. The summed E-state index contributed by atoms with van der Waals surface area (Å²) in [5, 5.41) is 29.4. The molecule has 0 aliphatic carbocycles. The van der Waals surface area contributed by atoms with Crippen LogP contribution in [0.2, 0.25) is 0 Å². The fourth-order valence-corrected chi connectivity index (χ4v) is 2.00. The average Bonchev–Trinajstić information content (AvgIpc) is 2.95. The van der Waals surface area contributed by atoms with Gasteiger partial charge in [-0.15, -0.1) is 5.10 Å². The first-order chi connectivity index (χ1) is 11.9. The van der Waals surface area contributed by atoms with E-state index in [1.807, 2.05) is 0 Å². The van der Waals surface area contributed by atoms with Gasteiger partial charge in [0, 0.05) is 18.7 Å². The quantitative estimate of drug-likeness (QED) is 0.393. The predicted molar refractivity (Wildman–Crippen MR) is 83.5 cm³/mol. The molecule has 0 spiro atoms. The molecule has 1 amide bonds. The van der Waals surface area contributed by atoms with Crippen LogP contribution in [0.5, 0.6) is 0 Å². The van der Waals surface area contributed by atoms with Crippen molar-refractivity contribution in [3.63, 3.8) is 0 Å². The molecule has 1 aromatic carbocycles. The van der Waals surface area contributed by atoms with Crippen molar-refractivity contribution in [2.75, 3.05) is 19.8 Å². The van der Waals surface area contributed by atoms with E-state index in [0.717, 1.165) is 0 Å². The zero-order valence-electron chi connectivity index (χ0n) is 13.2. The molecule has 11 nitrogen and oxygen atoms in total. The van der Waals surface area contributed by atoms with E-state index in [2.05, 4.69) is 15.6 Å². The smallest absolute Gasteiger partial charge is 0.329 e. The highest BCUT2D eigenvalue weighted by atomic mass is 16.6. The number of nitro groups is 1. The number of nitro benzene ring substituents is 1. The number of carbonyl (C=O) groups excluding carboxylic acids is 1. The van der Waals surface area contributed by atoms with E-state index >= 15 is 0 Å². The van der Waals surface area contributed by atoms with Crippen molar-refractivity contribution in [3.05, 3.63) is 45.8 Å². The van der Waals surface area contributed by atoms with Gasteiger partial charge in [0.05, 0.1) is 22.9 Å². The first kappa shape index (κ1) is 18.0. The van der Waals surface area contributed by atoms with Gasteiger partial charge in [-0.25, -0.2) is 9.48 Å². The van der Waals surface area contributed by atoms with E-state index in [1.54, 1.807) is 13.0 Å². The molecule has 0 aliphatic heterocycles. The molecular formula is C14H15N5O6. The van der Waals surface area contributed by atoms with Crippen molar-refractivity contribution in [1.82, 2.24) is 20.3 Å². The summed E-state index contributed by atoms with van der Waals surface area (Å²) < 4.78 is 6.12. The summed E-state index contributed by atoms with van der Waals surface area (Å²) in [6.07, 6.45) is 0. The van der Waals surface area contributed by atoms with Gasteiger partial charge in [0.1, 0.15) is 6.61 Å². The number of hydrogen-bond donors (Lipinski definition) is 2. The molecule has 0 bridgehead atoms. The van der Waals surface area contributed by atoms with Gasteiger partial charge in [-0.1, -0.05) is 11.3 Å². The van der Waals surface area contributed by atoms with Crippen molar-refractivity contribution in [2.45, 2.75) is 6.92 Å². The number of aromatic nitrogens is 3. The minimum atomic E-state index is -1.10. The van der Waals surface area contributed by atoms with Crippen molar-refractivity contribution in [1.29, 1.82) is 0 Å². The van der Waals surface area contributed by atoms with Crippen LogP contribution in [-0.4, -0.2) is 56.7 Å². The van der Waals surface area contributed by atoms with Gasteiger partial charge in [0.25, 0.3) is 11.6 Å². The van der Waals surface area contributed by atoms with Gasteiger partial charge in [0.15, 0.2) is 5.69 Å². The third-order valence-electron chi connectivity index (χ3n) is 3.15. The minimum Gasteiger partial charge on any atom is -0.480 e. The van der Waals surface area contributed by atoms with E-state index in [0.29, 0.717) is 11.4 Å². The number of carboxylic acid groups (broad SMARTS) is 1. The largest absolute Gasteiger partial charge is 0.480 e. The lowest BCUT2D eigenvalue weighted by Gasteiger charge is -2.05. The molecule has 0 aliphatic rings. The Bertz CT molecular complexity index is 803. The second-order valence-corrected chi connectivity index (χ2v) is 4.91. The molecule has 0 saturated carbocycles. The Morgan fingerprint density at radius 3 is 2.88 bits per heavy atom. The molecule has 2 rings (SSSR count). The fourth-order valence-electron chi connectivity index (χ4n) is 2.00. The summed E-state index contributed by atoms with van der Waals surface area (Å²) in [7, 11) is 0. The van der Waals surface area contributed by atoms with Gasteiger partial charge in [0.2, 0.25) is 0 Å². The molecule has 2 aromatic rings. The van der Waals surface area contributed by atoms with Gasteiger partial charge < -0.3 is 15.2 Å². The molecule has 25 heavy (non-hydrogen) atoms. The van der Waals surface area contributed by atoms with Gasteiger partial charge in [-0.2, -0.15) is 0 Å². The maximum absolute atomic E-state index is 12.1. The Kier molecular flexibility index (Phi) is 5.74. The first-order valence-corrected chi connectivity index (χ1v) is 7.15. The molecule has 1 aromatic heterocycles. The fraction of sp³-hybridized carbons (Fsp3) is 0.286. The lowest BCUT2D eigenvalue weighted by Crippen LogP contribution is -2.28. The highest BCUT2D eigenvalue weighted by Crippen LogP contribution is 2.18. The van der Waals surface area contributed by atoms with Crippen LogP contribution in [0.25, 0.3) is 5.69 Å². The highest BCUT2D eigenvalue weighted by molar-refractivity contribution is 5.93. The second-order valence-electron chi connectivity index (χ2n) is 4.91. The summed E-state index contributed by atoms with van der Waals surface area (Å²) in [5.41, 5.74) is 0.770. The lowest BCUT2D eigenvalue weighted by molar-refractivity contribution is -0.384. The SMILES string of the molecule is Cc1c(C(=O)NCCOCC(=O)O)nnn1-c1cccc([N+](=O)[O-])c1. The Balaban J connectivity index is 2.05. The first-order valence-electron chi connectivity index (χ1n) is 7.15. The van der Waals surface area contributed by atoms with Crippen molar-refractivity contribution < 1.29 is 24.4 Å². The van der Waals surface area contributed by atoms with Crippen LogP contribution in [0.3, 0.4) is 0 Å². The van der Waals surface area contributed by atoms with Crippen LogP contribution in [0, 0.1) is 17.0 Å². The molecule has 1 heterocycles. The summed E-state index contributed by atoms with van der Waals surface area (Å²) in [5.74, 6) is -1.60. The maximum atomic E-state index is 12.1. The molecule has 0 fully saturated rings. The number of carbonyl (C=O) groups is 2. The lowest BCUT2D eigenvalue weighted by atomic mass is 10.2. The van der Waals surface area contributed by atoms with E-state index in [1.165, 1.54) is 22.9 Å². The topological polar surface area (TPSA) is 149 Å². The zero-order chi connectivity index (χ0) is 18.4. The molecule has 0 radical (unpaired) electrons.